The number of ether oxygens (including phenoxy) is 1. The second kappa shape index (κ2) is 10.5. The number of rotatable bonds is 8. The molecule has 0 unspecified atom stereocenters. The van der Waals surface area contributed by atoms with Gasteiger partial charge >= 0.3 is 5.97 Å². The monoisotopic (exact) mass is 511 g/mol. The molecule has 2 aromatic carbocycles. The number of hydrogen-bond donors (Lipinski definition) is 2. The number of carbonyl (C=O) groups is 2. The van der Waals surface area contributed by atoms with Crippen molar-refractivity contribution in [2.45, 2.75) is 31.6 Å². The number of hydrogen-bond acceptors (Lipinski definition) is 6. The molecule has 4 rings (SSSR count). The molecule has 3 aromatic rings. The van der Waals surface area contributed by atoms with Crippen molar-refractivity contribution in [1.82, 2.24) is 14.5 Å². The maximum atomic E-state index is 13.2. The van der Waals surface area contributed by atoms with E-state index in [1.165, 1.54) is 4.90 Å². The van der Waals surface area contributed by atoms with Crippen LogP contribution in [0.4, 0.5) is 0 Å². The number of halogens is 1. The van der Waals surface area contributed by atoms with E-state index in [0.717, 1.165) is 11.1 Å². The number of nitrogens with two attached hydrogens (primary N) is 1. The summed E-state index contributed by atoms with van der Waals surface area (Å²) in [6, 6.07) is 12.7. The van der Waals surface area contributed by atoms with Gasteiger partial charge in [0.05, 0.1) is 23.1 Å². The lowest BCUT2D eigenvalue weighted by molar-refractivity contribution is -0.148. The number of benzene rings is 2. The van der Waals surface area contributed by atoms with Crippen molar-refractivity contribution in [3.63, 3.8) is 0 Å². The van der Waals surface area contributed by atoms with E-state index in [-0.39, 0.29) is 42.9 Å². The Labute approximate surface area is 215 Å². The average molecular weight is 512 g/mol. The zero-order valence-electron chi connectivity index (χ0n) is 20.5. The maximum Gasteiger partial charge on any atom is 0.325 e. The molecule has 190 valence electrons. The van der Waals surface area contributed by atoms with Gasteiger partial charge in [-0.2, -0.15) is 0 Å². The van der Waals surface area contributed by atoms with Crippen LogP contribution in [0, 0.1) is 5.41 Å². The Morgan fingerprint density at radius 2 is 1.86 bits per heavy atom. The summed E-state index contributed by atoms with van der Waals surface area (Å²) in [6.45, 7) is 1.90. The number of fused-ring (bicyclic) bond motifs is 1. The van der Waals surface area contributed by atoms with Gasteiger partial charge in [-0.3, -0.25) is 19.8 Å². The van der Waals surface area contributed by atoms with E-state index in [4.69, 9.17) is 15.9 Å². The zero-order chi connectivity index (χ0) is 25.3. The quantitative estimate of drug-likeness (QED) is 0.271. The van der Waals surface area contributed by atoms with Crippen molar-refractivity contribution >= 4 is 41.2 Å². The van der Waals surface area contributed by atoms with E-state index in [2.05, 4.69) is 4.98 Å². The molecule has 0 spiro atoms. The highest BCUT2D eigenvalue weighted by molar-refractivity contribution is 5.95. The SMILES string of the molecule is CCOC(=O)CN(C)C(=O)C1(c2ccc3c(c2)nc(Cc2ccc(C(=N)N)cc2)c(=O)n3C)CC1.Cl. The lowest BCUT2D eigenvalue weighted by Gasteiger charge is -2.23. The Bertz CT molecular complexity index is 1380. The van der Waals surface area contributed by atoms with Crippen molar-refractivity contribution in [2.75, 3.05) is 20.2 Å². The molecule has 1 aromatic heterocycles. The highest BCUT2D eigenvalue weighted by atomic mass is 35.5. The van der Waals surface area contributed by atoms with E-state index in [1.54, 1.807) is 37.7 Å². The standard InChI is InChI=1S/C26H29N5O4.ClH/c1-4-35-22(32)15-30(2)25(34)26(11-12-26)18-9-10-21-19(14-18)29-20(24(33)31(21)3)13-16-5-7-17(8-6-16)23(27)28;/h5-10,14H,4,11-13,15H2,1-3H3,(H3,27,28);1H. The van der Waals surface area contributed by atoms with Crippen molar-refractivity contribution in [1.29, 1.82) is 5.41 Å². The van der Waals surface area contributed by atoms with Crippen LogP contribution in [0.15, 0.2) is 47.3 Å². The van der Waals surface area contributed by atoms with E-state index >= 15 is 0 Å². The first-order valence-corrected chi connectivity index (χ1v) is 11.5. The van der Waals surface area contributed by atoms with Crippen molar-refractivity contribution in [2.24, 2.45) is 12.8 Å². The lowest BCUT2D eigenvalue weighted by atomic mass is 9.93. The van der Waals surface area contributed by atoms with Gasteiger partial charge in [0.1, 0.15) is 18.1 Å². The van der Waals surface area contributed by atoms with Crippen LogP contribution >= 0.6 is 12.4 Å². The Morgan fingerprint density at radius 1 is 1.19 bits per heavy atom. The highest BCUT2D eigenvalue weighted by Crippen LogP contribution is 2.49. The minimum absolute atomic E-state index is 0. The Kier molecular flexibility index (Phi) is 7.83. The predicted octanol–water partition coefficient (Wildman–Crippen LogP) is 2.28. The number of nitrogens with zero attached hydrogens (tertiary/aromatic N) is 3. The number of nitrogens with one attached hydrogen (secondary N) is 1. The van der Waals surface area contributed by atoms with Crippen LogP contribution in [-0.4, -0.2) is 52.4 Å². The van der Waals surface area contributed by atoms with Crippen molar-refractivity contribution in [3.8, 4) is 0 Å². The molecule has 0 radical (unpaired) electrons. The van der Waals surface area contributed by atoms with Gasteiger partial charge in [-0.15, -0.1) is 12.4 Å². The smallest absolute Gasteiger partial charge is 0.325 e. The second-order valence-corrected chi connectivity index (χ2v) is 8.96. The van der Waals surface area contributed by atoms with Crippen LogP contribution in [0.2, 0.25) is 0 Å². The Morgan fingerprint density at radius 3 is 2.44 bits per heavy atom. The summed E-state index contributed by atoms with van der Waals surface area (Å²) in [4.78, 5) is 44.1. The summed E-state index contributed by atoms with van der Waals surface area (Å²) in [7, 11) is 3.32. The summed E-state index contributed by atoms with van der Waals surface area (Å²) in [5.41, 5.74) is 8.67. The largest absolute Gasteiger partial charge is 0.465 e. The molecule has 0 atom stereocenters. The maximum absolute atomic E-state index is 13.2. The van der Waals surface area contributed by atoms with Gasteiger partial charge in [0.15, 0.2) is 0 Å². The highest BCUT2D eigenvalue weighted by Gasteiger charge is 2.52. The molecule has 1 heterocycles. The fourth-order valence-corrected chi connectivity index (χ4v) is 4.39. The normalized spacial score (nSPS) is 13.5. The summed E-state index contributed by atoms with van der Waals surface area (Å²) in [5.74, 6) is -0.573. The number of amides is 1. The van der Waals surface area contributed by atoms with Crippen LogP contribution < -0.4 is 11.3 Å². The molecular formula is C26H30ClN5O4. The number of esters is 1. The molecule has 0 aliphatic heterocycles. The van der Waals surface area contributed by atoms with Gasteiger partial charge in [-0.05, 0) is 43.0 Å². The third kappa shape index (κ3) is 5.11. The van der Waals surface area contributed by atoms with E-state index in [0.29, 0.717) is 41.6 Å². The number of likely N-dealkylation sites (N-methyl/N-ethyl adjacent to an activating group) is 1. The molecule has 10 heteroatoms. The molecule has 9 nitrogen and oxygen atoms in total. The third-order valence-corrected chi connectivity index (χ3v) is 6.51. The molecule has 1 fully saturated rings. The van der Waals surface area contributed by atoms with Crippen LogP contribution in [0.5, 0.6) is 0 Å². The van der Waals surface area contributed by atoms with E-state index < -0.39 is 11.4 Å². The van der Waals surface area contributed by atoms with Crippen molar-refractivity contribution in [3.05, 3.63) is 75.2 Å². The van der Waals surface area contributed by atoms with Gasteiger partial charge in [0.25, 0.3) is 5.56 Å². The van der Waals surface area contributed by atoms with E-state index in [9.17, 15) is 14.4 Å². The molecule has 0 bridgehead atoms. The zero-order valence-corrected chi connectivity index (χ0v) is 21.4. The van der Waals surface area contributed by atoms with Crippen LogP contribution in [0.1, 0.15) is 42.1 Å². The number of nitrogen functional groups attached to an aromatic ring is 1. The summed E-state index contributed by atoms with van der Waals surface area (Å²) in [6.07, 6.45) is 1.70. The van der Waals surface area contributed by atoms with Gasteiger partial charge in [0.2, 0.25) is 5.91 Å². The first-order valence-electron chi connectivity index (χ1n) is 11.5. The molecular weight excluding hydrogens is 482 g/mol. The van der Waals surface area contributed by atoms with Crippen LogP contribution in [0.3, 0.4) is 0 Å². The molecule has 1 saturated carbocycles. The second-order valence-electron chi connectivity index (χ2n) is 8.96. The fourth-order valence-electron chi connectivity index (χ4n) is 4.39. The molecule has 36 heavy (non-hydrogen) atoms. The fraction of sp³-hybridized carbons (Fsp3) is 0.346. The van der Waals surface area contributed by atoms with Gasteiger partial charge in [-0.1, -0.05) is 30.3 Å². The topological polar surface area (TPSA) is 131 Å². The molecule has 3 N–H and O–H groups in total. The molecule has 1 amide bonds. The number of amidine groups is 1. The van der Waals surface area contributed by atoms with Crippen LogP contribution in [0.25, 0.3) is 11.0 Å². The molecule has 1 aliphatic rings. The minimum Gasteiger partial charge on any atom is -0.465 e. The predicted molar refractivity (Wildman–Crippen MR) is 140 cm³/mol. The minimum atomic E-state index is -0.686. The third-order valence-electron chi connectivity index (χ3n) is 6.51. The Hall–Kier alpha value is -3.72. The summed E-state index contributed by atoms with van der Waals surface area (Å²) >= 11 is 0. The van der Waals surface area contributed by atoms with Gasteiger partial charge in [0, 0.05) is 26.1 Å². The van der Waals surface area contributed by atoms with Crippen molar-refractivity contribution < 1.29 is 14.3 Å². The lowest BCUT2D eigenvalue weighted by Crippen LogP contribution is -2.40. The van der Waals surface area contributed by atoms with Gasteiger partial charge in [-0.25, -0.2) is 4.98 Å². The first kappa shape index (κ1) is 26.9. The van der Waals surface area contributed by atoms with Crippen LogP contribution in [-0.2, 0) is 33.2 Å². The first-order chi connectivity index (χ1) is 16.7. The molecule has 0 saturated heterocycles. The number of aromatic nitrogens is 2. The summed E-state index contributed by atoms with van der Waals surface area (Å²) in [5, 5.41) is 7.53. The summed E-state index contributed by atoms with van der Waals surface area (Å²) < 4.78 is 6.54. The van der Waals surface area contributed by atoms with Gasteiger partial charge < -0.3 is 19.9 Å². The Balaban J connectivity index is 0.00000361. The number of carbonyl (C=O) groups excluding carboxylic acids is 2. The molecule has 1 aliphatic carbocycles. The van der Waals surface area contributed by atoms with E-state index in [1.807, 2.05) is 30.3 Å². The average Bonchev–Trinajstić information content (AvgIpc) is 3.64. The number of aryl methyl sites for hydroxylation is 1.